The van der Waals surface area contributed by atoms with Crippen molar-refractivity contribution in [3.05, 3.63) is 83.9 Å². The van der Waals surface area contributed by atoms with Gasteiger partial charge in [-0.3, -0.25) is 4.79 Å². The molecule has 0 fully saturated rings. The molecule has 1 amide bonds. The second-order valence-corrected chi connectivity index (χ2v) is 7.12. The van der Waals surface area contributed by atoms with Gasteiger partial charge in [-0.15, -0.1) is 11.8 Å². The van der Waals surface area contributed by atoms with E-state index in [9.17, 15) is 4.79 Å². The third kappa shape index (κ3) is 5.55. The highest BCUT2D eigenvalue weighted by Gasteiger charge is 2.10. The fourth-order valence-corrected chi connectivity index (χ4v) is 3.34. The van der Waals surface area contributed by atoms with E-state index in [1.807, 2.05) is 60.7 Å². The number of hydrogen-bond donors (Lipinski definition) is 1. The third-order valence-corrected chi connectivity index (χ3v) is 4.78. The van der Waals surface area contributed by atoms with Crippen molar-refractivity contribution in [1.29, 1.82) is 0 Å². The molecule has 3 aromatic rings. The molecule has 0 spiro atoms. The lowest BCUT2D eigenvalue weighted by atomic mass is 10.2. The van der Waals surface area contributed by atoms with Gasteiger partial charge in [-0.05, 0) is 42.5 Å². The van der Waals surface area contributed by atoms with Crippen LogP contribution in [0.1, 0.15) is 6.42 Å². The molecule has 1 N–H and O–H groups in total. The van der Waals surface area contributed by atoms with Crippen LogP contribution in [0.15, 0.2) is 83.8 Å². The van der Waals surface area contributed by atoms with Crippen LogP contribution >= 0.6 is 23.4 Å². The summed E-state index contributed by atoms with van der Waals surface area (Å²) in [5.41, 5.74) is 0.566. The van der Waals surface area contributed by atoms with Crippen molar-refractivity contribution >= 4 is 35.0 Å². The summed E-state index contributed by atoms with van der Waals surface area (Å²) in [6.07, 6.45) is 0.400. The number of carbonyl (C=O) groups is 1. The molecule has 26 heavy (non-hydrogen) atoms. The number of anilines is 1. The van der Waals surface area contributed by atoms with Crippen molar-refractivity contribution in [3.63, 3.8) is 0 Å². The number of para-hydroxylation sites is 1. The number of hydrogen-bond acceptors (Lipinski definition) is 3. The van der Waals surface area contributed by atoms with Crippen molar-refractivity contribution in [1.82, 2.24) is 0 Å². The number of carbonyl (C=O) groups excluding carboxylic acids is 1. The van der Waals surface area contributed by atoms with Crippen LogP contribution in [-0.4, -0.2) is 11.7 Å². The summed E-state index contributed by atoms with van der Waals surface area (Å²) in [7, 11) is 0. The zero-order valence-corrected chi connectivity index (χ0v) is 15.6. The Kier molecular flexibility index (Phi) is 6.58. The Labute approximate surface area is 162 Å². The minimum Gasteiger partial charge on any atom is -0.455 e. The Morgan fingerprint density at radius 1 is 0.962 bits per heavy atom. The van der Waals surface area contributed by atoms with Crippen LogP contribution in [-0.2, 0) is 4.79 Å². The van der Waals surface area contributed by atoms with Crippen LogP contribution in [0.4, 0.5) is 5.69 Å². The molecule has 132 valence electrons. The zero-order chi connectivity index (χ0) is 18.2. The highest BCUT2D eigenvalue weighted by molar-refractivity contribution is 7.99. The molecule has 3 rings (SSSR count). The maximum Gasteiger partial charge on any atom is 0.225 e. The fourth-order valence-electron chi connectivity index (χ4n) is 2.30. The normalized spacial score (nSPS) is 10.3. The number of ether oxygens (including phenoxy) is 1. The van der Waals surface area contributed by atoms with Gasteiger partial charge < -0.3 is 10.1 Å². The molecule has 0 bridgehead atoms. The summed E-state index contributed by atoms with van der Waals surface area (Å²) < 4.78 is 5.86. The predicted molar refractivity (Wildman–Crippen MR) is 108 cm³/mol. The average molecular weight is 384 g/mol. The minimum atomic E-state index is -0.0754. The second kappa shape index (κ2) is 9.32. The van der Waals surface area contributed by atoms with Crippen molar-refractivity contribution in [2.75, 3.05) is 11.1 Å². The first-order chi connectivity index (χ1) is 12.7. The highest BCUT2D eigenvalue weighted by atomic mass is 35.5. The molecular formula is C21H18ClNO2S. The van der Waals surface area contributed by atoms with E-state index < -0.39 is 0 Å². The van der Waals surface area contributed by atoms with Crippen LogP contribution < -0.4 is 10.1 Å². The Morgan fingerprint density at radius 2 is 1.65 bits per heavy atom. The number of thioether (sulfide) groups is 1. The van der Waals surface area contributed by atoms with Gasteiger partial charge in [-0.2, -0.15) is 0 Å². The molecule has 0 saturated carbocycles. The third-order valence-electron chi connectivity index (χ3n) is 3.53. The summed E-state index contributed by atoms with van der Waals surface area (Å²) in [5, 5.41) is 3.44. The molecule has 3 aromatic carbocycles. The van der Waals surface area contributed by atoms with Gasteiger partial charge in [0.2, 0.25) is 5.91 Å². The Balaban J connectivity index is 1.61. The van der Waals surface area contributed by atoms with Crippen LogP contribution in [0.2, 0.25) is 5.02 Å². The van der Waals surface area contributed by atoms with E-state index in [2.05, 4.69) is 5.32 Å². The molecule has 3 nitrogen and oxygen atoms in total. The molecule has 5 heteroatoms. The van der Waals surface area contributed by atoms with Crippen molar-refractivity contribution in [2.45, 2.75) is 11.3 Å². The van der Waals surface area contributed by atoms with Crippen molar-refractivity contribution < 1.29 is 9.53 Å². The standard InChI is InChI=1S/C21H18ClNO2S/c22-16-11-12-20(25-17-7-3-1-4-8-17)19(15-16)23-21(24)13-14-26-18-9-5-2-6-10-18/h1-12,15H,13-14H2,(H,23,24). The largest absolute Gasteiger partial charge is 0.455 e. The maximum atomic E-state index is 12.3. The van der Waals surface area contributed by atoms with Crippen molar-refractivity contribution in [2.24, 2.45) is 0 Å². The van der Waals surface area contributed by atoms with Gasteiger partial charge in [0.05, 0.1) is 5.69 Å². The van der Waals surface area contributed by atoms with E-state index in [0.29, 0.717) is 34.4 Å². The van der Waals surface area contributed by atoms with Gasteiger partial charge in [-0.1, -0.05) is 48.0 Å². The van der Waals surface area contributed by atoms with Crippen molar-refractivity contribution in [3.8, 4) is 11.5 Å². The van der Waals surface area contributed by atoms with Gasteiger partial charge >= 0.3 is 0 Å². The minimum absolute atomic E-state index is 0.0754. The molecule has 0 atom stereocenters. The number of halogens is 1. The summed E-state index contributed by atoms with van der Waals surface area (Å²) in [4.78, 5) is 13.4. The Bertz CT molecular complexity index is 856. The summed E-state index contributed by atoms with van der Waals surface area (Å²) in [6.45, 7) is 0. The van der Waals surface area contributed by atoms with E-state index in [4.69, 9.17) is 16.3 Å². The summed E-state index contributed by atoms with van der Waals surface area (Å²) in [6, 6.07) is 24.6. The van der Waals surface area contributed by atoms with Gasteiger partial charge in [0, 0.05) is 22.1 Å². The average Bonchev–Trinajstić information content (AvgIpc) is 2.66. The molecule has 0 saturated heterocycles. The van der Waals surface area contributed by atoms with Gasteiger partial charge in [-0.25, -0.2) is 0 Å². The lowest BCUT2D eigenvalue weighted by Gasteiger charge is -2.13. The summed E-state index contributed by atoms with van der Waals surface area (Å²) in [5.74, 6) is 1.88. The smallest absolute Gasteiger partial charge is 0.225 e. The van der Waals surface area contributed by atoms with Crippen LogP contribution in [0.25, 0.3) is 0 Å². The topological polar surface area (TPSA) is 38.3 Å². The SMILES string of the molecule is O=C(CCSc1ccccc1)Nc1cc(Cl)ccc1Oc1ccccc1. The Hall–Kier alpha value is -2.43. The monoisotopic (exact) mass is 383 g/mol. The first-order valence-electron chi connectivity index (χ1n) is 8.21. The quantitative estimate of drug-likeness (QED) is 0.490. The molecule has 0 heterocycles. The molecule has 0 aliphatic heterocycles. The number of nitrogens with one attached hydrogen (secondary N) is 1. The predicted octanol–water partition coefficient (Wildman–Crippen LogP) is 6.25. The Morgan fingerprint density at radius 3 is 2.38 bits per heavy atom. The van der Waals surface area contributed by atoms with E-state index in [1.165, 1.54) is 0 Å². The van der Waals surface area contributed by atoms with Crippen LogP contribution in [0.5, 0.6) is 11.5 Å². The molecule has 0 radical (unpaired) electrons. The molecular weight excluding hydrogens is 366 g/mol. The lowest BCUT2D eigenvalue weighted by molar-refractivity contribution is -0.115. The number of amides is 1. The van der Waals surface area contributed by atoms with Gasteiger partial charge in [0.1, 0.15) is 5.75 Å². The van der Waals surface area contributed by atoms with E-state index in [1.54, 1.807) is 30.0 Å². The molecule has 0 aromatic heterocycles. The van der Waals surface area contributed by atoms with Gasteiger partial charge in [0.25, 0.3) is 0 Å². The van der Waals surface area contributed by atoms with E-state index in [-0.39, 0.29) is 5.91 Å². The zero-order valence-electron chi connectivity index (χ0n) is 14.0. The molecule has 0 aliphatic rings. The van der Waals surface area contributed by atoms with Crippen LogP contribution in [0.3, 0.4) is 0 Å². The molecule has 0 unspecified atom stereocenters. The number of rotatable bonds is 7. The molecule has 0 aliphatic carbocycles. The first kappa shape index (κ1) is 18.4. The van der Waals surface area contributed by atoms with E-state index in [0.717, 1.165) is 4.90 Å². The van der Waals surface area contributed by atoms with Gasteiger partial charge in [0.15, 0.2) is 5.75 Å². The fraction of sp³-hybridized carbons (Fsp3) is 0.0952. The lowest BCUT2D eigenvalue weighted by Crippen LogP contribution is -2.12. The second-order valence-electron chi connectivity index (χ2n) is 5.52. The highest BCUT2D eigenvalue weighted by Crippen LogP contribution is 2.32. The van der Waals surface area contributed by atoms with E-state index >= 15 is 0 Å². The maximum absolute atomic E-state index is 12.3. The summed E-state index contributed by atoms with van der Waals surface area (Å²) >= 11 is 7.73. The van der Waals surface area contributed by atoms with Crippen LogP contribution in [0, 0.1) is 0 Å². The number of benzene rings is 3. The first-order valence-corrected chi connectivity index (χ1v) is 9.57.